The van der Waals surface area contributed by atoms with Gasteiger partial charge in [-0.3, -0.25) is 0 Å². The van der Waals surface area contributed by atoms with Gasteiger partial charge in [0.2, 0.25) is 5.95 Å². The molecule has 144 valence electrons. The van der Waals surface area contributed by atoms with E-state index in [9.17, 15) is 4.39 Å². The molecule has 1 saturated heterocycles. The molecule has 1 fully saturated rings. The van der Waals surface area contributed by atoms with Crippen LogP contribution in [0.3, 0.4) is 0 Å². The summed E-state index contributed by atoms with van der Waals surface area (Å²) < 4.78 is 13.9. The standard InChI is InChI=1S/C19H20FN7S/c20-15-5-2-1-4-14(15)16-13-28-17(25-16)12-24-18(21)26-8-10-27(11-9-26)19-22-6-3-7-23-19/h1-7,13H,8-12H2,(H2,21,24). The summed E-state index contributed by atoms with van der Waals surface area (Å²) in [6.07, 6.45) is 3.49. The van der Waals surface area contributed by atoms with Gasteiger partial charge in [-0.1, -0.05) is 12.1 Å². The zero-order valence-electron chi connectivity index (χ0n) is 15.2. The predicted octanol–water partition coefficient (Wildman–Crippen LogP) is 2.38. The van der Waals surface area contributed by atoms with Crippen molar-refractivity contribution in [2.45, 2.75) is 6.54 Å². The second kappa shape index (κ2) is 8.30. The lowest BCUT2D eigenvalue weighted by Crippen LogP contribution is -2.51. The molecular formula is C19H20FN7S. The molecule has 0 radical (unpaired) electrons. The van der Waals surface area contributed by atoms with Crippen LogP contribution in [0.2, 0.25) is 0 Å². The van der Waals surface area contributed by atoms with Gasteiger partial charge in [-0.25, -0.2) is 24.3 Å². The lowest BCUT2D eigenvalue weighted by Gasteiger charge is -2.35. The van der Waals surface area contributed by atoms with Gasteiger partial charge in [-0.2, -0.15) is 0 Å². The lowest BCUT2D eigenvalue weighted by atomic mass is 10.2. The van der Waals surface area contributed by atoms with Crippen molar-refractivity contribution in [3.8, 4) is 11.3 Å². The van der Waals surface area contributed by atoms with Crippen LogP contribution < -0.4 is 10.6 Å². The van der Waals surface area contributed by atoms with Crippen molar-refractivity contribution >= 4 is 23.2 Å². The van der Waals surface area contributed by atoms with E-state index in [0.717, 1.165) is 37.1 Å². The SMILES string of the molecule is NC(=NCc1nc(-c2ccccc2F)cs1)N1CCN(c2ncccn2)CC1. The number of aliphatic imine (C=N–C) groups is 1. The monoisotopic (exact) mass is 397 g/mol. The second-order valence-corrected chi connectivity index (χ2v) is 7.25. The van der Waals surface area contributed by atoms with E-state index in [4.69, 9.17) is 5.73 Å². The van der Waals surface area contributed by atoms with Crippen LogP contribution in [0.1, 0.15) is 5.01 Å². The first-order valence-corrected chi connectivity index (χ1v) is 9.85. The highest BCUT2D eigenvalue weighted by Crippen LogP contribution is 2.24. The highest BCUT2D eigenvalue weighted by Gasteiger charge is 2.20. The van der Waals surface area contributed by atoms with Gasteiger partial charge in [0.15, 0.2) is 5.96 Å². The van der Waals surface area contributed by atoms with E-state index in [2.05, 4.69) is 24.8 Å². The van der Waals surface area contributed by atoms with Crippen molar-refractivity contribution in [2.24, 2.45) is 10.7 Å². The Morgan fingerprint density at radius 1 is 1.11 bits per heavy atom. The number of hydrogen-bond acceptors (Lipinski definition) is 6. The Morgan fingerprint density at radius 2 is 1.86 bits per heavy atom. The third kappa shape index (κ3) is 4.09. The molecule has 0 spiro atoms. The number of piperazine rings is 1. The van der Waals surface area contributed by atoms with Crippen LogP contribution in [0.4, 0.5) is 10.3 Å². The van der Waals surface area contributed by atoms with Gasteiger partial charge in [0, 0.05) is 49.5 Å². The summed E-state index contributed by atoms with van der Waals surface area (Å²) in [7, 11) is 0. The maximum atomic E-state index is 13.9. The Morgan fingerprint density at radius 3 is 2.61 bits per heavy atom. The molecule has 1 aromatic carbocycles. The first-order chi connectivity index (χ1) is 13.7. The molecule has 3 heterocycles. The van der Waals surface area contributed by atoms with E-state index in [1.165, 1.54) is 17.4 Å². The molecule has 3 aromatic rings. The number of anilines is 1. The van der Waals surface area contributed by atoms with E-state index in [1.54, 1.807) is 36.7 Å². The maximum absolute atomic E-state index is 13.9. The van der Waals surface area contributed by atoms with E-state index < -0.39 is 0 Å². The fourth-order valence-electron chi connectivity index (χ4n) is 3.01. The third-order valence-electron chi connectivity index (χ3n) is 4.52. The molecule has 0 atom stereocenters. The Labute approximate surface area is 166 Å². The van der Waals surface area contributed by atoms with Gasteiger partial charge >= 0.3 is 0 Å². The van der Waals surface area contributed by atoms with Crippen molar-refractivity contribution in [2.75, 3.05) is 31.1 Å². The van der Waals surface area contributed by atoms with Gasteiger partial charge in [0.1, 0.15) is 10.8 Å². The van der Waals surface area contributed by atoms with Gasteiger partial charge in [0.25, 0.3) is 0 Å². The van der Waals surface area contributed by atoms with Crippen molar-refractivity contribution in [1.82, 2.24) is 19.9 Å². The van der Waals surface area contributed by atoms with Gasteiger partial charge in [-0.05, 0) is 18.2 Å². The van der Waals surface area contributed by atoms with Crippen LogP contribution in [-0.2, 0) is 6.54 Å². The number of nitrogens with zero attached hydrogens (tertiary/aromatic N) is 6. The number of nitrogens with two attached hydrogens (primary N) is 1. The minimum Gasteiger partial charge on any atom is -0.370 e. The van der Waals surface area contributed by atoms with Gasteiger partial charge < -0.3 is 15.5 Å². The maximum Gasteiger partial charge on any atom is 0.225 e. The number of thiazole rings is 1. The zero-order valence-corrected chi connectivity index (χ0v) is 16.0. The molecular weight excluding hydrogens is 377 g/mol. The molecule has 0 unspecified atom stereocenters. The van der Waals surface area contributed by atoms with Gasteiger partial charge in [-0.15, -0.1) is 11.3 Å². The topological polar surface area (TPSA) is 83.5 Å². The van der Waals surface area contributed by atoms with E-state index >= 15 is 0 Å². The lowest BCUT2D eigenvalue weighted by molar-refractivity contribution is 0.378. The Balaban J connectivity index is 1.35. The van der Waals surface area contributed by atoms with E-state index in [1.807, 2.05) is 10.3 Å². The van der Waals surface area contributed by atoms with Crippen molar-refractivity contribution in [1.29, 1.82) is 0 Å². The predicted molar refractivity (Wildman–Crippen MR) is 109 cm³/mol. The summed E-state index contributed by atoms with van der Waals surface area (Å²) in [5.41, 5.74) is 7.29. The number of rotatable bonds is 4. The largest absolute Gasteiger partial charge is 0.370 e. The number of benzene rings is 1. The number of guanidine groups is 1. The summed E-state index contributed by atoms with van der Waals surface area (Å²) in [5, 5.41) is 2.65. The number of hydrogen-bond donors (Lipinski definition) is 1. The molecule has 1 aliphatic rings. The number of aromatic nitrogens is 3. The van der Waals surface area contributed by atoms with Crippen LogP contribution in [0.5, 0.6) is 0 Å². The molecule has 0 aliphatic carbocycles. The molecule has 4 rings (SSSR count). The van der Waals surface area contributed by atoms with Crippen LogP contribution in [-0.4, -0.2) is 52.0 Å². The average molecular weight is 397 g/mol. The van der Waals surface area contributed by atoms with Crippen LogP contribution >= 0.6 is 11.3 Å². The van der Waals surface area contributed by atoms with E-state index in [0.29, 0.717) is 23.8 Å². The first kappa shape index (κ1) is 18.3. The molecule has 0 saturated carbocycles. The smallest absolute Gasteiger partial charge is 0.225 e. The first-order valence-electron chi connectivity index (χ1n) is 8.97. The molecule has 2 N–H and O–H groups in total. The molecule has 0 amide bonds. The Bertz CT molecular complexity index is 952. The van der Waals surface area contributed by atoms with Crippen molar-refractivity contribution in [3.63, 3.8) is 0 Å². The molecule has 9 heteroatoms. The summed E-state index contributed by atoms with van der Waals surface area (Å²) >= 11 is 1.46. The highest BCUT2D eigenvalue weighted by molar-refractivity contribution is 7.09. The zero-order chi connectivity index (χ0) is 19.3. The van der Waals surface area contributed by atoms with Crippen LogP contribution in [0.25, 0.3) is 11.3 Å². The normalized spacial score (nSPS) is 15.1. The summed E-state index contributed by atoms with van der Waals surface area (Å²) in [4.78, 5) is 21.7. The fourth-order valence-corrected chi connectivity index (χ4v) is 3.73. The molecule has 1 aliphatic heterocycles. The summed E-state index contributed by atoms with van der Waals surface area (Å²) in [6.45, 7) is 3.47. The molecule has 2 aromatic heterocycles. The van der Waals surface area contributed by atoms with Crippen molar-refractivity contribution < 1.29 is 4.39 Å². The minimum atomic E-state index is -0.275. The Kier molecular flexibility index (Phi) is 5.43. The van der Waals surface area contributed by atoms with E-state index in [-0.39, 0.29) is 5.82 Å². The van der Waals surface area contributed by atoms with Gasteiger partial charge in [0.05, 0.1) is 12.2 Å². The number of halogens is 1. The fraction of sp³-hybridized carbons (Fsp3) is 0.263. The van der Waals surface area contributed by atoms with Crippen LogP contribution in [0.15, 0.2) is 53.1 Å². The average Bonchev–Trinajstić information content (AvgIpc) is 3.22. The molecule has 0 bridgehead atoms. The summed E-state index contributed by atoms with van der Waals surface area (Å²) in [6, 6.07) is 8.43. The highest BCUT2D eigenvalue weighted by atomic mass is 32.1. The molecule has 28 heavy (non-hydrogen) atoms. The second-order valence-electron chi connectivity index (χ2n) is 6.30. The Hall–Kier alpha value is -3.07. The quantitative estimate of drug-likeness (QED) is 0.538. The summed E-state index contributed by atoms with van der Waals surface area (Å²) in [5.74, 6) is 0.958. The minimum absolute atomic E-state index is 0.275. The van der Waals surface area contributed by atoms with Crippen LogP contribution in [0, 0.1) is 5.82 Å². The third-order valence-corrected chi connectivity index (χ3v) is 5.35. The molecule has 7 nitrogen and oxygen atoms in total. The van der Waals surface area contributed by atoms with Crippen molar-refractivity contribution in [3.05, 3.63) is 58.9 Å².